The number of hydrogen-bond acceptors (Lipinski definition) is 3. The lowest BCUT2D eigenvalue weighted by molar-refractivity contribution is 0.355. The summed E-state index contributed by atoms with van der Waals surface area (Å²) < 4.78 is 19.3. The molecule has 1 aliphatic rings. The topological polar surface area (TPSA) is 41.5 Å². The normalized spacial score (nSPS) is 19.9. The number of halogens is 1. The van der Waals surface area contributed by atoms with Crippen molar-refractivity contribution in [2.75, 3.05) is 20.2 Å². The molecule has 2 N–H and O–H groups in total. The van der Waals surface area contributed by atoms with Crippen LogP contribution in [0.15, 0.2) is 0 Å². The van der Waals surface area contributed by atoms with Gasteiger partial charge in [0.15, 0.2) is 11.5 Å². The maximum atomic E-state index is 14.2. The van der Waals surface area contributed by atoms with E-state index in [1.807, 2.05) is 0 Å². The zero-order valence-corrected chi connectivity index (χ0v) is 11.1. The molecule has 0 spiro atoms. The van der Waals surface area contributed by atoms with Crippen LogP contribution in [0.1, 0.15) is 35.4 Å². The maximum Gasteiger partial charge on any atom is 0.166 e. The van der Waals surface area contributed by atoms with Crippen LogP contribution in [-0.2, 0) is 0 Å². The molecule has 0 bridgehead atoms. The van der Waals surface area contributed by atoms with Gasteiger partial charge in [-0.3, -0.25) is 0 Å². The van der Waals surface area contributed by atoms with Crippen molar-refractivity contribution in [1.82, 2.24) is 5.32 Å². The van der Waals surface area contributed by atoms with Gasteiger partial charge in [0, 0.05) is 23.6 Å². The molecule has 3 nitrogen and oxygen atoms in total. The van der Waals surface area contributed by atoms with Gasteiger partial charge in [-0.15, -0.1) is 0 Å². The molecule has 0 radical (unpaired) electrons. The van der Waals surface area contributed by atoms with Crippen LogP contribution in [0.5, 0.6) is 11.5 Å². The van der Waals surface area contributed by atoms with Crippen LogP contribution in [0.4, 0.5) is 4.39 Å². The van der Waals surface area contributed by atoms with Gasteiger partial charge in [0.2, 0.25) is 0 Å². The number of ether oxygens (including phenoxy) is 1. The van der Waals surface area contributed by atoms with Gasteiger partial charge in [0.25, 0.3) is 0 Å². The van der Waals surface area contributed by atoms with Crippen molar-refractivity contribution in [2.45, 2.75) is 32.6 Å². The summed E-state index contributed by atoms with van der Waals surface area (Å²) in [5, 5.41) is 13.6. The second-order valence-corrected chi connectivity index (χ2v) is 4.90. The number of nitrogens with one attached hydrogen (secondary N) is 1. The van der Waals surface area contributed by atoms with Gasteiger partial charge in [-0.25, -0.2) is 4.39 Å². The summed E-state index contributed by atoms with van der Waals surface area (Å²) in [7, 11) is 1.46. The van der Waals surface area contributed by atoms with Crippen molar-refractivity contribution >= 4 is 0 Å². The minimum Gasteiger partial charge on any atom is -0.504 e. The first-order valence-electron chi connectivity index (χ1n) is 6.34. The molecule has 100 valence electrons. The Morgan fingerprint density at radius 3 is 2.61 bits per heavy atom. The molecule has 0 aromatic heterocycles. The number of rotatable bonds is 2. The Balaban J connectivity index is 2.54. The zero-order valence-electron chi connectivity index (χ0n) is 11.1. The van der Waals surface area contributed by atoms with Crippen molar-refractivity contribution in [2.24, 2.45) is 0 Å². The molecule has 1 aliphatic heterocycles. The first-order valence-corrected chi connectivity index (χ1v) is 6.34. The van der Waals surface area contributed by atoms with Gasteiger partial charge < -0.3 is 15.2 Å². The minimum absolute atomic E-state index is 0.0996. The fourth-order valence-electron chi connectivity index (χ4n) is 2.82. The Hall–Kier alpha value is -1.29. The summed E-state index contributed by atoms with van der Waals surface area (Å²) in [6.45, 7) is 5.12. The van der Waals surface area contributed by atoms with Crippen molar-refractivity contribution in [3.8, 4) is 11.5 Å². The third-order valence-electron chi connectivity index (χ3n) is 3.78. The van der Waals surface area contributed by atoms with Crippen molar-refractivity contribution in [3.05, 3.63) is 22.5 Å². The van der Waals surface area contributed by atoms with E-state index in [1.165, 1.54) is 7.11 Å². The van der Waals surface area contributed by atoms with Crippen molar-refractivity contribution < 1.29 is 14.2 Å². The van der Waals surface area contributed by atoms with E-state index in [0.29, 0.717) is 16.7 Å². The van der Waals surface area contributed by atoms with E-state index in [4.69, 9.17) is 4.74 Å². The molecule has 1 heterocycles. The molecule has 0 aliphatic carbocycles. The van der Waals surface area contributed by atoms with E-state index in [0.717, 1.165) is 25.9 Å². The first-order chi connectivity index (χ1) is 8.57. The van der Waals surface area contributed by atoms with Crippen LogP contribution in [0, 0.1) is 19.7 Å². The van der Waals surface area contributed by atoms with Gasteiger partial charge in [-0.05, 0) is 38.8 Å². The van der Waals surface area contributed by atoms with E-state index >= 15 is 0 Å². The quantitative estimate of drug-likeness (QED) is 0.851. The number of methoxy groups -OCH3 is 1. The van der Waals surface area contributed by atoms with Gasteiger partial charge in [0.05, 0.1) is 7.11 Å². The SMILES string of the molecule is COc1c(C)c(F)c(C)c(C2CCCNC2)c1O. The molecule has 1 saturated heterocycles. The minimum atomic E-state index is -0.273. The van der Waals surface area contributed by atoms with Gasteiger partial charge >= 0.3 is 0 Å². The Bertz CT molecular complexity index is 454. The second kappa shape index (κ2) is 5.14. The molecule has 0 saturated carbocycles. The van der Waals surface area contributed by atoms with Crippen LogP contribution in [0.2, 0.25) is 0 Å². The average Bonchev–Trinajstić information content (AvgIpc) is 2.38. The molecule has 2 rings (SSSR count). The van der Waals surface area contributed by atoms with Crippen LogP contribution in [-0.4, -0.2) is 25.3 Å². The Morgan fingerprint density at radius 1 is 1.33 bits per heavy atom. The number of benzene rings is 1. The number of phenolic OH excluding ortho intramolecular Hbond substituents is 1. The third-order valence-corrected chi connectivity index (χ3v) is 3.78. The molecule has 0 amide bonds. The summed E-state index contributed by atoms with van der Waals surface area (Å²) in [6.07, 6.45) is 2.01. The lowest BCUT2D eigenvalue weighted by Crippen LogP contribution is -2.29. The molecule has 1 atom stereocenters. The third kappa shape index (κ3) is 2.05. The molecular formula is C14H20FNO2. The first kappa shape index (κ1) is 13.1. The monoisotopic (exact) mass is 253 g/mol. The highest BCUT2D eigenvalue weighted by atomic mass is 19.1. The van der Waals surface area contributed by atoms with Crippen molar-refractivity contribution in [1.29, 1.82) is 0 Å². The fraction of sp³-hybridized carbons (Fsp3) is 0.571. The van der Waals surface area contributed by atoms with E-state index in [9.17, 15) is 9.50 Å². The summed E-state index contributed by atoms with van der Waals surface area (Å²) in [4.78, 5) is 0. The average molecular weight is 253 g/mol. The van der Waals surface area contributed by atoms with Crippen LogP contribution < -0.4 is 10.1 Å². The standard InChI is InChI=1S/C14H20FNO2/c1-8-11(10-5-4-6-16-7-10)13(17)14(18-3)9(2)12(8)15/h10,16-17H,4-7H2,1-3H3. The maximum absolute atomic E-state index is 14.2. The highest BCUT2D eigenvalue weighted by Crippen LogP contribution is 2.43. The summed E-state index contributed by atoms with van der Waals surface area (Å²) in [5.41, 5.74) is 1.61. The molecule has 18 heavy (non-hydrogen) atoms. The summed E-state index contributed by atoms with van der Waals surface area (Å²) in [6, 6.07) is 0. The number of phenols is 1. The van der Waals surface area contributed by atoms with Gasteiger partial charge in [-0.1, -0.05) is 0 Å². The van der Waals surface area contributed by atoms with Crippen LogP contribution >= 0.6 is 0 Å². The second-order valence-electron chi connectivity index (χ2n) is 4.90. The number of piperidine rings is 1. The Labute approximate surface area is 107 Å². The van der Waals surface area contributed by atoms with Gasteiger partial charge in [-0.2, -0.15) is 0 Å². The Kier molecular flexibility index (Phi) is 3.76. The predicted octanol–water partition coefficient (Wildman–Crippen LogP) is 2.62. The molecule has 4 heteroatoms. The van der Waals surface area contributed by atoms with E-state index in [1.54, 1.807) is 13.8 Å². The van der Waals surface area contributed by atoms with Crippen LogP contribution in [0.25, 0.3) is 0 Å². The fourth-order valence-corrected chi connectivity index (χ4v) is 2.82. The van der Waals surface area contributed by atoms with Gasteiger partial charge in [0.1, 0.15) is 5.82 Å². The van der Waals surface area contributed by atoms with E-state index < -0.39 is 0 Å². The molecule has 1 unspecified atom stereocenters. The summed E-state index contributed by atoms with van der Waals surface area (Å²) in [5.74, 6) is 0.245. The highest BCUT2D eigenvalue weighted by Gasteiger charge is 2.26. The molecule has 1 aromatic carbocycles. The van der Waals surface area contributed by atoms with E-state index in [2.05, 4.69) is 5.32 Å². The smallest absolute Gasteiger partial charge is 0.166 e. The number of hydrogen-bond donors (Lipinski definition) is 2. The number of aromatic hydroxyl groups is 1. The largest absolute Gasteiger partial charge is 0.504 e. The zero-order chi connectivity index (χ0) is 13.3. The predicted molar refractivity (Wildman–Crippen MR) is 68.9 cm³/mol. The molecular weight excluding hydrogens is 233 g/mol. The molecule has 1 aromatic rings. The van der Waals surface area contributed by atoms with Crippen LogP contribution in [0.3, 0.4) is 0 Å². The molecule has 1 fully saturated rings. The highest BCUT2D eigenvalue weighted by molar-refractivity contribution is 5.56. The van der Waals surface area contributed by atoms with E-state index in [-0.39, 0.29) is 23.2 Å². The van der Waals surface area contributed by atoms with Crippen molar-refractivity contribution in [3.63, 3.8) is 0 Å². The lowest BCUT2D eigenvalue weighted by atomic mass is 9.86. The summed E-state index contributed by atoms with van der Waals surface area (Å²) >= 11 is 0. The Morgan fingerprint density at radius 2 is 2.06 bits per heavy atom. The lowest BCUT2D eigenvalue weighted by Gasteiger charge is -2.27.